The molecule has 0 aliphatic heterocycles. The maximum Gasteiger partial charge on any atom is 0.122 e. The Morgan fingerprint density at radius 3 is 2.50 bits per heavy atom. The van der Waals surface area contributed by atoms with Gasteiger partial charge in [0.1, 0.15) is 5.75 Å². The van der Waals surface area contributed by atoms with Crippen molar-refractivity contribution in [3.63, 3.8) is 0 Å². The smallest absolute Gasteiger partial charge is 0.122 e. The van der Waals surface area contributed by atoms with Gasteiger partial charge in [0, 0.05) is 6.54 Å². The van der Waals surface area contributed by atoms with Crippen molar-refractivity contribution in [1.82, 2.24) is 0 Å². The van der Waals surface area contributed by atoms with Gasteiger partial charge in [0.15, 0.2) is 0 Å². The van der Waals surface area contributed by atoms with Crippen LogP contribution in [0.5, 0.6) is 5.75 Å². The minimum atomic E-state index is -0.425. The fourth-order valence-corrected chi connectivity index (χ4v) is 2.29. The van der Waals surface area contributed by atoms with Gasteiger partial charge in [-0.05, 0) is 55.9 Å². The van der Waals surface area contributed by atoms with Crippen LogP contribution in [-0.4, -0.2) is 24.4 Å². The summed E-state index contributed by atoms with van der Waals surface area (Å²) in [7, 11) is 0. The van der Waals surface area contributed by atoms with Crippen LogP contribution in [0.3, 0.4) is 0 Å². The van der Waals surface area contributed by atoms with Crippen molar-refractivity contribution in [3.05, 3.63) is 28.8 Å². The number of aliphatic hydroxyl groups is 1. The quantitative estimate of drug-likeness (QED) is 0.817. The van der Waals surface area contributed by atoms with E-state index in [4.69, 9.17) is 10.5 Å². The summed E-state index contributed by atoms with van der Waals surface area (Å²) in [6.45, 7) is 9.26. The number of aliphatic hydroxyl groups excluding tert-OH is 1. The van der Waals surface area contributed by atoms with E-state index in [0.717, 1.165) is 11.3 Å². The average Bonchev–Trinajstić information content (AvgIpc) is 2.33. The number of ether oxygens (including phenoxy) is 1. The summed E-state index contributed by atoms with van der Waals surface area (Å²) in [5, 5.41) is 9.64. The van der Waals surface area contributed by atoms with E-state index >= 15 is 0 Å². The molecule has 0 radical (unpaired) electrons. The van der Waals surface area contributed by atoms with E-state index in [0.29, 0.717) is 25.5 Å². The van der Waals surface area contributed by atoms with Crippen molar-refractivity contribution in [2.24, 2.45) is 5.73 Å². The number of rotatable bonds is 6. The summed E-state index contributed by atoms with van der Waals surface area (Å²) in [4.78, 5) is 0. The molecule has 0 fully saturated rings. The van der Waals surface area contributed by atoms with Gasteiger partial charge >= 0.3 is 0 Å². The van der Waals surface area contributed by atoms with E-state index in [1.54, 1.807) is 0 Å². The van der Waals surface area contributed by atoms with E-state index in [2.05, 4.69) is 32.9 Å². The SMILES string of the molecule is CCOc1cc(C)c(C(C)CC(O)CN)cc1C. The lowest BCUT2D eigenvalue weighted by Gasteiger charge is -2.19. The second-order valence-electron chi connectivity index (χ2n) is 4.93. The molecule has 0 bridgehead atoms. The second-order valence-corrected chi connectivity index (χ2v) is 4.93. The highest BCUT2D eigenvalue weighted by molar-refractivity contribution is 5.43. The zero-order valence-electron chi connectivity index (χ0n) is 11.9. The number of hydrogen-bond acceptors (Lipinski definition) is 3. The van der Waals surface area contributed by atoms with Crippen molar-refractivity contribution in [2.75, 3.05) is 13.2 Å². The van der Waals surface area contributed by atoms with Gasteiger partial charge in [-0.3, -0.25) is 0 Å². The first-order chi connectivity index (χ1) is 8.49. The van der Waals surface area contributed by atoms with E-state index in [1.807, 2.05) is 6.92 Å². The second kappa shape index (κ2) is 6.76. The van der Waals surface area contributed by atoms with Crippen LogP contribution in [0.1, 0.15) is 42.9 Å². The Hall–Kier alpha value is -1.06. The molecule has 3 nitrogen and oxygen atoms in total. The molecule has 1 rings (SSSR count). The first kappa shape index (κ1) is 15.0. The Bertz CT molecular complexity index is 390. The molecule has 3 N–H and O–H groups in total. The maximum atomic E-state index is 9.64. The van der Waals surface area contributed by atoms with Crippen LogP contribution >= 0.6 is 0 Å². The summed E-state index contributed by atoms with van der Waals surface area (Å²) >= 11 is 0. The van der Waals surface area contributed by atoms with Crippen LogP contribution in [0.15, 0.2) is 12.1 Å². The molecule has 0 saturated carbocycles. The number of hydrogen-bond donors (Lipinski definition) is 2. The molecule has 0 aliphatic carbocycles. The largest absolute Gasteiger partial charge is 0.494 e. The molecule has 0 amide bonds. The lowest BCUT2D eigenvalue weighted by molar-refractivity contribution is 0.165. The van der Waals surface area contributed by atoms with E-state index in [1.165, 1.54) is 11.1 Å². The fourth-order valence-electron chi connectivity index (χ4n) is 2.29. The Labute approximate surface area is 110 Å². The molecular formula is C15H25NO2. The summed E-state index contributed by atoms with van der Waals surface area (Å²) in [6, 6.07) is 4.24. The van der Waals surface area contributed by atoms with Gasteiger partial charge in [-0.25, -0.2) is 0 Å². The van der Waals surface area contributed by atoms with E-state index in [-0.39, 0.29) is 0 Å². The van der Waals surface area contributed by atoms with Crippen molar-refractivity contribution >= 4 is 0 Å². The first-order valence-electron chi connectivity index (χ1n) is 6.61. The summed E-state index contributed by atoms with van der Waals surface area (Å²) in [6.07, 6.45) is 0.274. The lowest BCUT2D eigenvalue weighted by Crippen LogP contribution is -2.21. The van der Waals surface area contributed by atoms with Gasteiger partial charge < -0.3 is 15.6 Å². The Balaban J connectivity index is 2.92. The van der Waals surface area contributed by atoms with Crippen LogP contribution in [0.4, 0.5) is 0 Å². The molecule has 102 valence electrons. The predicted molar refractivity (Wildman–Crippen MR) is 75.2 cm³/mol. The topological polar surface area (TPSA) is 55.5 Å². The fraction of sp³-hybridized carbons (Fsp3) is 0.600. The summed E-state index contributed by atoms with van der Waals surface area (Å²) in [5.41, 5.74) is 9.08. The molecule has 2 atom stereocenters. The third-order valence-electron chi connectivity index (χ3n) is 3.29. The van der Waals surface area contributed by atoms with Gasteiger partial charge in [0.25, 0.3) is 0 Å². The minimum Gasteiger partial charge on any atom is -0.494 e. The Morgan fingerprint density at radius 1 is 1.28 bits per heavy atom. The Morgan fingerprint density at radius 2 is 1.94 bits per heavy atom. The minimum absolute atomic E-state index is 0.304. The van der Waals surface area contributed by atoms with E-state index in [9.17, 15) is 5.11 Å². The standard InChI is InChI=1S/C15H25NO2/c1-5-18-15-8-11(3)14(7-12(15)4)10(2)6-13(17)9-16/h7-8,10,13,17H,5-6,9,16H2,1-4H3. The molecule has 2 unspecified atom stereocenters. The summed E-state index contributed by atoms with van der Waals surface area (Å²) in [5.74, 6) is 1.25. The third-order valence-corrected chi connectivity index (χ3v) is 3.29. The van der Waals surface area contributed by atoms with Crippen molar-refractivity contribution in [1.29, 1.82) is 0 Å². The van der Waals surface area contributed by atoms with Crippen LogP contribution < -0.4 is 10.5 Å². The molecule has 0 heterocycles. The van der Waals surface area contributed by atoms with Crippen molar-refractivity contribution < 1.29 is 9.84 Å². The molecule has 18 heavy (non-hydrogen) atoms. The maximum absolute atomic E-state index is 9.64. The zero-order chi connectivity index (χ0) is 13.7. The normalized spacial score (nSPS) is 14.3. The van der Waals surface area contributed by atoms with E-state index < -0.39 is 6.10 Å². The predicted octanol–water partition coefficient (Wildman–Crippen LogP) is 2.52. The van der Waals surface area contributed by atoms with Gasteiger partial charge in [-0.15, -0.1) is 0 Å². The molecular weight excluding hydrogens is 226 g/mol. The Kier molecular flexibility index (Phi) is 5.63. The van der Waals surface area contributed by atoms with Gasteiger partial charge in [-0.2, -0.15) is 0 Å². The van der Waals surface area contributed by atoms with Crippen LogP contribution in [0, 0.1) is 13.8 Å². The zero-order valence-corrected chi connectivity index (χ0v) is 11.9. The monoisotopic (exact) mass is 251 g/mol. The average molecular weight is 251 g/mol. The van der Waals surface area contributed by atoms with Crippen molar-refractivity contribution in [2.45, 2.75) is 46.1 Å². The highest BCUT2D eigenvalue weighted by Gasteiger charge is 2.15. The number of aryl methyl sites for hydroxylation is 2. The number of nitrogens with two attached hydrogens (primary N) is 1. The van der Waals surface area contributed by atoms with Crippen LogP contribution in [-0.2, 0) is 0 Å². The molecule has 0 saturated heterocycles. The van der Waals surface area contributed by atoms with Crippen LogP contribution in [0.2, 0.25) is 0 Å². The van der Waals surface area contributed by atoms with Gasteiger partial charge in [0.05, 0.1) is 12.7 Å². The van der Waals surface area contributed by atoms with Gasteiger partial charge in [-0.1, -0.05) is 13.0 Å². The molecule has 0 spiro atoms. The number of benzene rings is 1. The molecule has 3 heteroatoms. The highest BCUT2D eigenvalue weighted by atomic mass is 16.5. The first-order valence-corrected chi connectivity index (χ1v) is 6.61. The molecule has 1 aromatic rings. The molecule has 0 aliphatic rings. The molecule has 1 aromatic carbocycles. The molecule has 0 aromatic heterocycles. The van der Waals surface area contributed by atoms with Gasteiger partial charge in [0.2, 0.25) is 0 Å². The summed E-state index contributed by atoms with van der Waals surface area (Å²) < 4.78 is 5.59. The van der Waals surface area contributed by atoms with Crippen LogP contribution in [0.25, 0.3) is 0 Å². The van der Waals surface area contributed by atoms with Crippen molar-refractivity contribution in [3.8, 4) is 5.75 Å². The third kappa shape index (κ3) is 3.72. The highest BCUT2D eigenvalue weighted by Crippen LogP contribution is 2.29. The lowest BCUT2D eigenvalue weighted by atomic mass is 9.90.